The summed E-state index contributed by atoms with van der Waals surface area (Å²) in [6.45, 7) is 7.81. The van der Waals surface area contributed by atoms with Gasteiger partial charge in [0.25, 0.3) is 0 Å². The fourth-order valence-electron chi connectivity index (χ4n) is 4.25. The Morgan fingerprint density at radius 3 is 2.94 bits per heavy atom. The van der Waals surface area contributed by atoms with E-state index in [1.807, 2.05) is 0 Å². The third kappa shape index (κ3) is 1.56. The van der Waals surface area contributed by atoms with Crippen molar-refractivity contribution in [1.29, 1.82) is 0 Å². The second-order valence-electron chi connectivity index (χ2n) is 6.47. The van der Waals surface area contributed by atoms with Gasteiger partial charge in [-0.25, -0.2) is 4.79 Å². The average molecular weight is 248 g/mol. The van der Waals surface area contributed by atoms with Crippen LogP contribution in [0.3, 0.4) is 0 Å². The van der Waals surface area contributed by atoms with Crippen molar-refractivity contribution in [1.82, 2.24) is 0 Å². The number of Topliss-reactive ketones (excluding diaryl/α,β-unsaturated/α-hetero) is 1. The van der Waals surface area contributed by atoms with Crippen LogP contribution in [0.5, 0.6) is 0 Å². The molecule has 3 rings (SSSR count). The van der Waals surface area contributed by atoms with Crippen LogP contribution in [-0.4, -0.2) is 17.9 Å². The third-order valence-electron chi connectivity index (χ3n) is 5.44. The number of carbonyl (C=O) groups is 2. The molecule has 0 N–H and O–H groups in total. The third-order valence-corrected chi connectivity index (χ3v) is 5.44. The van der Waals surface area contributed by atoms with Gasteiger partial charge < -0.3 is 9.53 Å². The molecular formula is C15H20O3. The van der Waals surface area contributed by atoms with Gasteiger partial charge in [0.15, 0.2) is 0 Å². The van der Waals surface area contributed by atoms with Gasteiger partial charge >= 0.3 is 5.97 Å². The van der Waals surface area contributed by atoms with Gasteiger partial charge in [0.1, 0.15) is 11.9 Å². The van der Waals surface area contributed by atoms with E-state index in [0.29, 0.717) is 29.2 Å². The summed E-state index contributed by atoms with van der Waals surface area (Å²) in [5.41, 5.74) is 0.959. The summed E-state index contributed by atoms with van der Waals surface area (Å²) in [4.78, 5) is 22.6. The van der Waals surface area contributed by atoms with Crippen molar-refractivity contribution < 1.29 is 14.3 Å². The van der Waals surface area contributed by atoms with Crippen molar-refractivity contribution in [2.45, 2.75) is 45.6 Å². The monoisotopic (exact) mass is 248 g/mol. The highest BCUT2D eigenvalue weighted by Crippen LogP contribution is 2.70. The highest BCUT2D eigenvalue weighted by Gasteiger charge is 2.66. The molecule has 5 atom stereocenters. The molecule has 2 saturated carbocycles. The molecule has 1 saturated heterocycles. The molecule has 0 amide bonds. The van der Waals surface area contributed by atoms with Gasteiger partial charge in [-0.3, -0.25) is 0 Å². The largest absolute Gasteiger partial charge is 0.458 e. The first-order valence-electron chi connectivity index (χ1n) is 6.82. The zero-order chi connectivity index (χ0) is 13.1. The summed E-state index contributed by atoms with van der Waals surface area (Å²) in [6, 6.07) is 0. The minimum Gasteiger partial charge on any atom is -0.458 e. The van der Waals surface area contributed by atoms with Gasteiger partial charge in [-0.1, -0.05) is 13.5 Å². The molecule has 0 unspecified atom stereocenters. The number of carbonyl (C=O) groups excluding carboxylic acids is 2. The summed E-state index contributed by atoms with van der Waals surface area (Å²) < 4.78 is 5.41. The van der Waals surface area contributed by atoms with E-state index in [4.69, 9.17) is 4.74 Å². The van der Waals surface area contributed by atoms with Gasteiger partial charge in [-0.15, -0.1) is 0 Å². The number of ketones is 1. The number of rotatable bonds is 3. The predicted molar refractivity (Wildman–Crippen MR) is 66.7 cm³/mol. The first-order valence-corrected chi connectivity index (χ1v) is 6.82. The maximum absolute atomic E-state index is 11.5. The molecule has 0 aromatic heterocycles. The molecule has 3 fully saturated rings. The Labute approximate surface area is 108 Å². The fourth-order valence-corrected chi connectivity index (χ4v) is 4.25. The molecule has 3 heteroatoms. The SMILES string of the molecule is C=C1C(=O)O[C@@H]2C[C@@]3(C)[C@H](C[C@H]12)[C@@H]3CCC(C)=O. The van der Waals surface area contributed by atoms with E-state index < -0.39 is 0 Å². The van der Waals surface area contributed by atoms with E-state index in [9.17, 15) is 9.59 Å². The Morgan fingerprint density at radius 2 is 2.28 bits per heavy atom. The molecule has 0 aromatic carbocycles. The summed E-state index contributed by atoms with van der Waals surface area (Å²) in [7, 11) is 0. The standard InChI is InChI=1S/C15H20O3/c1-8(16)4-5-11-12-6-10-9(2)14(17)18-13(10)7-15(11,12)3/h10-13H,2,4-7H2,1,3H3/t10-,11+,12-,13-,15-/m1/s1. The van der Waals surface area contributed by atoms with Crippen LogP contribution in [-0.2, 0) is 14.3 Å². The van der Waals surface area contributed by atoms with Crippen LogP contribution in [0.15, 0.2) is 12.2 Å². The molecule has 98 valence electrons. The number of esters is 1. The zero-order valence-electron chi connectivity index (χ0n) is 11.1. The number of fused-ring (bicyclic) bond motifs is 2. The second kappa shape index (κ2) is 3.69. The molecule has 3 aliphatic rings. The van der Waals surface area contributed by atoms with Crippen LogP contribution in [0.25, 0.3) is 0 Å². The van der Waals surface area contributed by atoms with E-state index in [1.165, 1.54) is 0 Å². The lowest BCUT2D eigenvalue weighted by Crippen LogP contribution is -2.26. The van der Waals surface area contributed by atoms with E-state index in [0.717, 1.165) is 19.3 Å². The van der Waals surface area contributed by atoms with Crippen molar-refractivity contribution in [3.63, 3.8) is 0 Å². The molecule has 0 aromatic rings. The molecule has 3 nitrogen and oxygen atoms in total. The molecule has 18 heavy (non-hydrogen) atoms. The summed E-state index contributed by atoms with van der Waals surface area (Å²) >= 11 is 0. The summed E-state index contributed by atoms with van der Waals surface area (Å²) in [5, 5.41) is 0. The smallest absolute Gasteiger partial charge is 0.334 e. The normalized spacial score (nSPS) is 45.2. The Balaban J connectivity index is 1.69. The molecule has 0 bridgehead atoms. The lowest BCUT2D eigenvalue weighted by molar-refractivity contribution is -0.140. The van der Waals surface area contributed by atoms with E-state index in [-0.39, 0.29) is 23.8 Å². The average Bonchev–Trinajstić information content (AvgIpc) is 2.77. The lowest BCUT2D eigenvalue weighted by atomic mass is 9.79. The van der Waals surface area contributed by atoms with Crippen molar-refractivity contribution >= 4 is 11.8 Å². The van der Waals surface area contributed by atoms with Gasteiger partial charge in [-0.05, 0) is 43.4 Å². The van der Waals surface area contributed by atoms with E-state index in [1.54, 1.807) is 6.92 Å². The van der Waals surface area contributed by atoms with E-state index >= 15 is 0 Å². The van der Waals surface area contributed by atoms with Crippen molar-refractivity contribution in [2.24, 2.45) is 23.2 Å². The highest BCUT2D eigenvalue weighted by atomic mass is 16.6. The number of ether oxygens (including phenoxy) is 1. The van der Waals surface area contributed by atoms with Crippen LogP contribution in [0.4, 0.5) is 0 Å². The maximum atomic E-state index is 11.5. The lowest BCUT2D eigenvalue weighted by Gasteiger charge is -2.27. The van der Waals surface area contributed by atoms with Crippen molar-refractivity contribution in [3.05, 3.63) is 12.2 Å². The van der Waals surface area contributed by atoms with Crippen molar-refractivity contribution in [2.75, 3.05) is 0 Å². The van der Waals surface area contributed by atoms with Gasteiger partial charge in [0.05, 0.1) is 0 Å². The number of hydrogen-bond donors (Lipinski definition) is 0. The molecule has 2 aliphatic carbocycles. The summed E-state index contributed by atoms with van der Waals surface area (Å²) in [5.74, 6) is 1.61. The van der Waals surface area contributed by atoms with Crippen LogP contribution in [0.2, 0.25) is 0 Å². The summed E-state index contributed by atoms with van der Waals surface area (Å²) in [6.07, 6.45) is 3.71. The molecule has 1 aliphatic heterocycles. The fraction of sp³-hybridized carbons (Fsp3) is 0.733. The Bertz CT molecular complexity index is 439. The van der Waals surface area contributed by atoms with Crippen molar-refractivity contribution in [3.8, 4) is 0 Å². The van der Waals surface area contributed by atoms with Crippen LogP contribution < -0.4 is 0 Å². The topological polar surface area (TPSA) is 43.4 Å². The minimum atomic E-state index is -0.199. The van der Waals surface area contributed by atoms with Gasteiger partial charge in [-0.2, -0.15) is 0 Å². The zero-order valence-corrected chi connectivity index (χ0v) is 11.1. The van der Waals surface area contributed by atoms with Crippen LogP contribution in [0, 0.1) is 23.2 Å². The number of hydrogen-bond acceptors (Lipinski definition) is 3. The Morgan fingerprint density at radius 1 is 1.56 bits per heavy atom. The first-order chi connectivity index (χ1) is 8.43. The predicted octanol–water partition coefficient (Wildman–Crippen LogP) is 2.50. The highest BCUT2D eigenvalue weighted by molar-refractivity contribution is 5.90. The molecule has 0 radical (unpaired) electrons. The second-order valence-corrected chi connectivity index (χ2v) is 6.47. The minimum absolute atomic E-state index is 0.0496. The Kier molecular flexibility index (Phi) is 2.45. The molecule has 0 spiro atoms. The Hall–Kier alpha value is -1.12. The van der Waals surface area contributed by atoms with Crippen LogP contribution >= 0.6 is 0 Å². The first kappa shape index (κ1) is 11.9. The molecular weight excluding hydrogens is 228 g/mol. The van der Waals surface area contributed by atoms with Crippen LogP contribution in [0.1, 0.15) is 39.5 Å². The quantitative estimate of drug-likeness (QED) is 0.569. The van der Waals surface area contributed by atoms with Gasteiger partial charge in [0, 0.05) is 17.9 Å². The van der Waals surface area contributed by atoms with Gasteiger partial charge in [0.2, 0.25) is 0 Å². The maximum Gasteiger partial charge on any atom is 0.334 e. The molecule has 1 heterocycles. The van der Waals surface area contributed by atoms with E-state index in [2.05, 4.69) is 13.5 Å².